The molecule has 110 valence electrons. The summed E-state index contributed by atoms with van der Waals surface area (Å²) in [6.07, 6.45) is 5.59. The predicted molar refractivity (Wildman–Crippen MR) is 81.9 cm³/mol. The molecule has 4 heteroatoms. The topological polar surface area (TPSA) is 45.2 Å². The Morgan fingerprint density at radius 1 is 1.55 bits per heavy atom. The molecule has 2 heterocycles. The van der Waals surface area contributed by atoms with E-state index in [9.17, 15) is 4.79 Å². The smallest absolute Gasteiger partial charge is 0.256 e. The van der Waals surface area contributed by atoms with Gasteiger partial charge in [0.25, 0.3) is 5.91 Å². The van der Waals surface area contributed by atoms with Crippen LogP contribution in [0.1, 0.15) is 44.0 Å². The highest BCUT2D eigenvalue weighted by Crippen LogP contribution is 2.26. The zero-order valence-corrected chi connectivity index (χ0v) is 12.7. The summed E-state index contributed by atoms with van der Waals surface area (Å²) in [7, 11) is 0. The van der Waals surface area contributed by atoms with Gasteiger partial charge in [-0.1, -0.05) is 20.8 Å². The number of carbonyl (C=O) groups excluding carboxylic acids is 1. The minimum Gasteiger partial charge on any atom is -0.383 e. The Hall–Kier alpha value is -1.58. The van der Waals surface area contributed by atoms with Crippen LogP contribution in [0.4, 0.5) is 5.69 Å². The van der Waals surface area contributed by atoms with E-state index in [-0.39, 0.29) is 5.91 Å². The van der Waals surface area contributed by atoms with Crippen molar-refractivity contribution < 1.29 is 4.79 Å². The van der Waals surface area contributed by atoms with Gasteiger partial charge in [0.1, 0.15) is 0 Å². The Morgan fingerprint density at radius 2 is 2.35 bits per heavy atom. The number of carbonyl (C=O) groups is 1. The fraction of sp³-hybridized carbons (Fsp3) is 0.625. The summed E-state index contributed by atoms with van der Waals surface area (Å²) in [5.74, 6) is 1.41. The molecule has 20 heavy (non-hydrogen) atoms. The number of pyridine rings is 1. The van der Waals surface area contributed by atoms with Gasteiger partial charge in [0.2, 0.25) is 0 Å². The summed E-state index contributed by atoms with van der Waals surface area (Å²) in [6.45, 7) is 9.20. The number of hydrogen-bond donors (Lipinski definition) is 1. The molecule has 1 N–H and O–H groups in total. The van der Waals surface area contributed by atoms with Crippen LogP contribution >= 0.6 is 0 Å². The fourth-order valence-corrected chi connectivity index (χ4v) is 2.67. The van der Waals surface area contributed by atoms with E-state index in [0.717, 1.165) is 43.7 Å². The largest absolute Gasteiger partial charge is 0.383 e. The average molecular weight is 275 g/mol. The van der Waals surface area contributed by atoms with Gasteiger partial charge in [0, 0.05) is 25.8 Å². The lowest BCUT2D eigenvalue weighted by atomic mass is 9.95. The van der Waals surface area contributed by atoms with E-state index in [1.165, 1.54) is 0 Å². The SMILES string of the molecule is CCCNc1cnccc1C(=O)N1CCC(C(C)C)C1. The third kappa shape index (κ3) is 3.30. The lowest BCUT2D eigenvalue weighted by Crippen LogP contribution is -2.30. The first-order valence-electron chi connectivity index (χ1n) is 7.60. The molecule has 0 radical (unpaired) electrons. The maximum Gasteiger partial charge on any atom is 0.256 e. The number of likely N-dealkylation sites (tertiary alicyclic amines) is 1. The first kappa shape index (κ1) is 14.8. The van der Waals surface area contributed by atoms with Gasteiger partial charge in [-0.3, -0.25) is 9.78 Å². The minimum atomic E-state index is 0.133. The van der Waals surface area contributed by atoms with Crippen molar-refractivity contribution >= 4 is 11.6 Å². The molecule has 1 fully saturated rings. The standard InChI is InChI=1S/C16H25N3O/c1-4-7-18-15-10-17-8-5-14(15)16(20)19-9-6-13(11-19)12(2)3/h5,8,10,12-13,18H,4,6-7,9,11H2,1-3H3. The Morgan fingerprint density at radius 3 is 3.00 bits per heavy atom. The van der Waals surface area contributed by atoms with Gasteiger partial charge in [0.15, 0.2) is 0 Å². The van der Waals surface area contributed by atoms with E-state index >= 15 is 0 Å². The molecule has 1 aliphatic rings. The summed E-state index contributed by atoms with van der Waals surface area (Å²) in [4.78, 5) is 18.8. The van der Waals surface area contributed by atoms with Crippen molar-refractivity contribution in [3.05, 3.63) is 24.0 Å². The third-order valence-corrected chi connectivity index (χ3v) is 4.07. The normalized spacial score (nSPS) is 18.6. The molecule has 4 nitrogen and oxygen atoms in total. The molecule has 2 rings (SSSR count). The summed E-state index contributed by atoms with van der Waals surface area (Å²) in [6, 6.07) is 1.82. The Kier molecular flexibility index (Phi) is 4.99. The van der Waals surface area contributed by atoms with Gasteiger partial charge in [0.05, 0.1) is 17.4 Å². The second-order valence-electron chi connectivity index (χ2n) is 5.89. The molecule has 1 aromatic rings. The quantitative estimate of drug-likeness (QED) is 0.898. The van der Waals surface area contributed by atoms with E-state index in [0.29, 0.717) is 11.8 Å². The van der Waals surface area contributed by atoms with Crippen LogP contribution < -0.4 is 5.32 Å². The van der Waals surface area contributed by atoms with Crippen LogP contribution in [0.25, 0.3) is 0 Å². The zero-order valence-electron chi connectivity index (χ0n) is 12.7. The van der Waals surface area contributed by atoms with Crippen LogP contribution in [0, 0.1) is 11.8 Å². The minimum absolute atomic E-state index is 0.133. The monoisotopic (exact) mass is 275 g/mol. The van der Waals surface area contributed by atoms with Gasteiger partial charge in [-0.05, 0) is 30.7 Å². The van der Waals surface area contributed by atoms with Crippen LogP contribution in [0.5, 0.6) is 0 Å². The summed E-state index contributed by atoms with van der Waals surface area (Å²) in [5.41, 5.74) is 1.60. The Bertz CT molecular complexity index is 459. The number of anilines is 1. The van der Waals surface area contributed by atoms with E-state index in [1.807, 2.05) is 11.0 Å². The first-order valence-corrected chi connectivity index (χ1v) is 7.60. The second-order valence-corrected chi connectivity index (χ2v) is 5.89. The number of aromatic nitrogens is 1. The van der Waals surface area contributed by atoms with Crippen molar-refractivity contribution in [3.8, 4) is 0 Å². The van der Waals surface area contributed by atoms with Gasteiger partial charge >= 0.3 is 0 Å². The van der Waals surface area contributed by atoms with Crippen molar-refractivity contribution in [1.82, 2.24) is 9.88 Å². The molecular formula is C16H25N3O. The van der Waals surface area contributed by atoms with Crippen molar-refractivity contribution in [2.75, 3.05) is 25.0 Å². The van der Waals surface area contributed by atoms with Gasteiger partial charge in [-0.2, -0.15) is 0 Å². The van der Waals surface area contributed by atoms with Gasteiger partial charge in [-0.15, -0.1) is 0 Å². The highest BCUT2D eigenvalue weighted by Gasteiger charge is 2.29. The zero-order chi connectivity index (χ0) is 14.5. The molecule has 0 aliphatic carbocycles. The molecule has 0 spiro atoms. The highest BCUT2D eigenvalue weighted by atomic mass is 16.2. The number of nitrogens with one attached hydrogen (secondary N) is 1. The number of hydrogen-bond acceptors (Lipinski definition) is 3. The van der Waals surface area contributed by atoms with Crippen LogP contribution in [0.2, 0.25) is 0 Å². The molecule has 1 aliphatic heterocycles. The van der Waals surface area contributed by atoms with Crippen molar-refractivity contribution in [1.29, 1.82) is 0 Å². The molecule has 1 unspecified atom stereocenters. The first-order chi connectivity index (χ1) is 9.63. The van der Waals surface area contributed by atoms with Crippen LogP contribution in [-0.2, 0) is 0 Å². The molecule has 1 atom stereocenters. The van der Waals surface area contributed by atoms with Crippen molar-refractivity contribution in [3.63, 3.8) is 0 Å². The maximum atomic E-state index is 12.7. The molecular weight excluding hydrogens is 250 g/mol. The lowest BCUT2D eigenvalue weighted by molar-refractivity contribution is 0.0785. The van der Waals surface area contributed by atoms with E-state index in [2.05, 4.69) is 31.1 Å². The molecule has 1 amide bonds. The lowest BCUT2D eigenvalue weighted by Gasteiger charge is -2.20. The van der Waals surface area contributed by atoms with Gasteiger partial charge in [-0.25, -0.2) is 0 Å². The van der Waals surface area contributed by atoms with Crippen molar-refractivity contribution in [2.45, 2.75) is 33.6 Å². The third-order valence-electron chi connectivity index (χ3n) is 4.07. The Balaban J connectivity index is 2.09. The number of amides is 1. The van der Waals surface area contributed by atoms with Crippen molar-refractivity contribution in [2.24, 2.45) is 11.8 Å². The highest BCUT2D eigenvalue weighted by molar-refractivity contribution is 5.99. The Labute approximate surface area is 121 Å². The fourth-order valence-electron chi connectivity index (χ4n) is 2.67. The second kappa shape index (κ2) is 6.73. The van der Waals surface area contributed by atoms with Crippen LogP contribution in [0.15, 0.2) is 18.5 Å². The van der Waals surface area contributed by atoms with Gasteiger partial charge < -0.3 is 10.2 Å². The molecule has 0 saturated carbocycles. The molecule has 0 bridgehead atoms. The summed E-state index contributed by atoms with van der Waals surface area (Å²) >= 11 is 0. The predicted octanol–water partition coefficient (Wildman–Crippen LogP) is 3.02. The van der Waals surface area contributed by atoms with E-state index < -0.39 is 0 Å². The van der Waals surface area contributed by atoms with E-state index in [1.54, 1.807) is 12.4 Å². The summed E-state index contributed by atoms with van der Waals surface area (Å²) < 4.78 is 0. The summed E-state index contributed by atoms with van der Waals surface area (Å²) in [5, 5.41) is 3.29. The molecule has 0 aromatic carbocycles. The number of nitrogens with zero attached hydrogens (tertiary/aromatic N) is 2. The molecule has 1 aromatic heterocycles. The molecule has 1 saturated heterocycles. The number of rotatable bonds is 5. The average Bonchev–Trinajstić information content (AvgIpc) is 2.94. The van der Waals surface area contributed by atoms with Crippen LogP contribution in [0.3, 0.4) is 0 Å². The van der Waals surface area contributed by atoms with E-state index in [4.69, 9.17) is 0 Å². The maximum absolute atomic E-state index is 12.7. The van der Waals surface area contributed by atoms with Crippen LogP contribution in [-0.4, -0.2) is 35.4 Å².